The van der Waals surface area contributed by atoms with Gasteiger partial charge < -0.3 is 9.88 Å². The summed E-state index contributed by atoms with van der Waals surface area (Å²) in [6, 6.07) is 5.59. The summed E-state index contributed by atoms with van der Waals surface area (Å²) in [6.45, 7) is 1.90. The number of imidazole rings is 1. The Balaban J connectivity index is 1.64. The van der Waals surface area contributed by atoms with Gasteiger partial charge in [-0.25, -0.2) is 9.97 Å². The second-order valence-corrected chi connectivity index (χ2v) is 3.98. The molecular formula is C13H15N5. The van der Waals surface area contributed by atoms with E-state index in [2.05, 4.69) is 19.9 Å². The average Bonchev–Trinajstić information content (AvgIpc) is 2.92. The second-order valence-electron chi connectivity index (χ2n) is 3.98. The first kappa shape index (κ1) is 12.1. The second kappa shape index (κ2) is 6.40. The van der Waals surface area contributed by atoms with Crippen LogP contribution in [0.15, 0.2) is 37.1 Å². The Morgan fingerprint density at radius 3 is 2.94 bits per heavy atom. The minimum absolute atomic E-state index is 0.445. The van der Waals surface area contributed by atoms with Crippen molar-refractivity contribution in [1.29, 1.82) is 5.26 Å². The van der Waals surface area contributed by atoms with Crippen LogP contribution in [0.25, 0.3) is 0 Å². The van der Waals surface area contributed by atoms with Crippen molar-refractivity contribution in [3.05, 3.63) is 42.7 Å². The molecule has 2 aromatic rings. The molecule has 0 radical (unpaired) electrons. The van der Waals surface area contributed by atoms with Crippen LogP contribution in [-0.4, -0.2) is 21.1 Å². The van der Waals surface area contributed by atoms with Crippen LogP contribution in [0.5, 0.6) is 0 Å². The Bertz CT molecular complexity index is 495. The smallest absolute Gasteiger partial charge is 0.140 e. The third-order valence-electron chi connectivity index (χ3n) is 2.61. The number of nitriles is 1. The zero-order valence-electron chi connectivity index (χ0n) is 10.1. The first-order chi connectivity index (χ1) is 8.88. The van der Waals surface area contributed by atoms with Gasteiger partial charge >= 0.3 is 0 Å². The van der Waals surface area contributed by atoms with Crippen molar-refractivity contribution >= 4 is 5.69 Å². The molecular weight excluding hydrogens is 226 g/mol. The number of nitrogens with one attached hydrogen (secondary N) is 1. The maximum absolute atomic E-state index is 8.62. The maximum atomic E-state index is 8.62. The van der Waals surface area contributed by atoms with E-state index < -0.39 is 0 Å². The van der Waals surface area contributed by atoms with E-state index in [1.165, 1.54) is 0 Å². The molecule has 0 unspecified atom stereocenters. The molecule has 0 aliphatic rings. The van der Waals surface area contributed by atoms with Crippen LogP contribution in [0, 0.1) is 11.3 Å². The van der Waals surface area contributed by atoms with E-state index in [-0.39, 0.29) is 0 Å². The molecule has 5 nitrogen and oxygen atoms in total. The number of unbranched alkanes of at least 4 members (excludes halogenated alkanes) is 1. The van der Waals surface area contributed by atoms with E-state index in [1.54, 1.807) is 18.5 Å². The molecule has 0 atom stereocenters. The highest BCUT2D eigenvalue weighted by Gasteiger charge is 1.95. The Morgan fingerprint density at radius 1 is 1.33 bits per heavy atom. The monoisotopic (exact) mass is 241 g/mol. The van der Waals surface area contributed by atoms with E-state index in [4.69, 9.17) is 5.26 Å². The fourth-order valence-electron chi connectivity index (χ4n) is 1.64. The first-order valence-corrected chi connectivity index (χ1v) is 5.94. The minimum atomic E-state index is 0.445. The number of rotatable bonds is 6. The fraction of sp³-hybridized carbons (Fsp3) is 0.308. The number of hydrogen-bond donors (Lipinski definition) is 1. The standard InChI is InChI=1S/C13H15N5/c14-9-12-3-4-13(10-17-12)16-5-1-2-7-18-8-6-15-11-18/h3-4,6,8,10-11,16H,1-2,5,7H2. The summed E-state index contributed by atoms with van der Waals surface area (Å²) >= 11 is 0. The summed E-state index contributed by atoms with van der Waals surface area (Å²) in [7, 11) is 0. The molecule has 2 rings (SSSR count). The third-order valence-corrected chi connectivity index (χ3v) is 2.61. The van der Waals surface area contributed by atoms with Crippen molar-refractivity contribution in [2.75, 3.05) is 11.9 Å². The van der Waals surface area contributed by atoms with E-state index in [1.807, 2.05) is 24.7 Å². The van der Waals surface area contributed by atoms with Crippen LogP contribution in [0.2, 0.25) is 0 Å². The highest BCUT2D eigenvalue weighted by atomic mass is 15.0. The normalized spacial score (nSPS) is 9.94. The summed E-state index contributed by atoms with van der Waals surface area (Å²) < 4.78 is 2.07. The van der Waals surface area contributed by atoms with Gasteiger partial charge in [0.05, 0.1) is 18.2 Å². The number of pyridine rings is 1. The van der Waals surface area contributed by atoms with Gasteiger partial charge in [0.15, 0.2) is 0 Å². The Labute approximate surface area is 106 Å². The molecule has 2 aromatic heterocycles. The van der Waals surface area contributed by atoms with Gasteiger partial charge in [-0.2, -0.15) is 5.26 Å². The lowest BCUT2D eigenvalue weighted by atomic mass is 10.3. The molecule has 0 saturated heterocycles. The number of hydrogen-bond acceptors (Lipinski definition) is 4. The van der Waals surface area contributed by atoms with Gasteiger partial charge in [-0.1, -0.05) is 0 Å². The van der Waals surface area contributed by atoms with Crippen LogP contribution in [-0.2, 0) is 6.54 Å². The molecule has 0 spiro atoms. The van der Waals surface area contributed by atoms with Crippen LogP contribution >= 0.6 is 0 Å². The van der Waals surface area contributed by atoms with E-state index in [0.29, 0.717) is 5.69 Å². The zero-order valence-corrected chi connectivity index (χ0v) is 10.1. The van der Waals surface area contributed by atoms with Crippen LogP contribution < -0.4 is 5.32 Å². The Hall–Kier alpha value is -2.35. The lowest BCUT2D eigenvalue weighted by molar-refractivity contribution is 0.621. The Kier molecular flexibility index (Phi) is 4.31. The molecule has 0 amide bonds. The van der Waals surface area contributed by atoms with Gasteiger partial charge in [0.2, 0.25) is 0 Å². The number of nitrogens with zero attached hydrogens (tertiary/aromatic N) is 4. The van der Waals surface area contributed by atoms with Gasteiger partial charge in [0.1, 0.15) is 11.8 Å². The summed E-state index contributed by atoms with van der Waals surface area (Å²) in [5.41, 5.74) is 1.40. The predicted octanol–water partition coefficient (Wildman–Crippen LogP) is 2.04. The summed E-state index contributed by atoms with van der Waals surface area (Å²) in [5.74, 6) is 0. The minimum Gasteiger partial charge on any atom is -0.384 e. The first-order valence-electron chi connectivity index (χ1n) is 5.94. The predicted molar refractivity (Wildman–Crippen MR) is 68.9 cm³/mol. The highest BCUT2D eigenvalue weighted by molar-refractivity contribution is 5.42. The number of aromatic nitrogens is 3. The summed E-state index contributed by atoms with van der Waals surface area (Å²) in [6.07, 6.45) is 9.47. The van der Waals surface area contributed by atoms with Gasteiger partial charge in [-0.15, -0.1) is 0 Å². The molecule has 0 bridgehead atoms. The maximum Gasteiger partial charge on any atom is 0.140 e. The fourth-order valence-corrected chi connectivity index (χ4v) is 1.64. The van der Waals surface area contributed by atoms with Gasteiger partial charge in [-0.3, -0.25) is 0 Å². The molecule has 0 aliphatic heterocycles. The van der Waals surface area contributed by atoms with E-state index in [9.17, 15) is 0 Å². The lowest BCUT2D eigenvalue weighted by Gasteiger charge is -2.06. The van der Waals surface area contributed by atoms with Crippen LogP contribution in [0.4, 0.5) is 5.69 Å². The lowest BCUT2D eigenvalue weighted by Crippen LogP contribution is -2.04. The molecule has 5 heteroatoms. The highest BCUT2D eigenvalue weighted by Crippen LogP contribution is 2.06. The van der Waals surface area contributed by atoms with Crippen molar-refractivity contribution in [1.82, 2.24) is 14.5 Å². The molecule has 0 saturated carbocycles. The Morgan fingerprint density at radius 2 is 2.28 bits per heavy atom. The van der Waals surface area contributed by atoms with Crippen molar-refractivity contribution in [3.8, 4) is 6.07 Å². The van der Waals surface area contributed by atoms with Gasteiger partial charge in [0, 0.05) is 25.5 Å². The molecule has 0 aliphatic carbocycles. The van der Waals surface area contributed by atoms with Gasteiger partial charge in [0.25, 0.3) is 0 Å². The van der Waals surface area contributed by atoms with Crippen LogP contribution in [0.3, 0.4) is 0 Å². The summed E-state index contributed by atoms with van der Waals surface area (Å²) in [5, 5.41) is 11.9. The van der Waals surface area contributed by atoms with Crippen molar-refractivity contribution in [2.45, 2.75) is 19.4 Å². The van der Waals surface area contributed by atoms with E-state index >= 15 is 0 Å². The van der Waals surface area contributed by atoms with E-state index in [0.717, 1.165) is 31.6 Å². The third kappa shape index (κ3) is 3.59. The van der Waals surface area contributed by atoms with Crippen molar-refractivity contribution in [2.24, 2.45) is 0 Å². The largest absolute Gasteiger partial charge is 0.384 e. The quantitative estimate of drug-likeness (QED) is 0.786. The summed E-state index contributed by atoms with van der Waals surface area (Å²) in [4.78, 5) is 8.00. The molecule has 0 fully saturated rings. The molecule has 92 valence electrons. The zero-order chi connectivity index (χ0) is 12.6. The van der Waals surface area contributed by atoms with Gasteiger partial charge in [-0.05, 0) is 25.0 Å². The SMILES string of the molecule is N#Cc1ccc(NCCCCn2ccnc2)cn1. The topological polar surface area (TPSA) is 66.5 Å². The molecule has 0 aromatic carbocycles. The number of anilines is 1. The number of aryl methyl sites for hydroxylation is 1. The average molecular weight is 241 g/mol. The molecule has 1 N–H and O–H groups in total. The molecule has 18 heavy (non-hydrogen) atoms. The molecule has 2 heterocycles. The van der Waals surface area contributed by atoms with Crippen LogP contribution in [0.1, 0.15) is 18.5 Å². The van der Waals surface area contributed by atoms with Crippen molar-refractivity contribution in [3.63, 3.8) is 0 Å². The van der Waals surface area contributed by atoms with Crippen molar-refractivity contribution < 1.29 is 0 Å².